The fraction of sp³-hybridized carbons (Fsp3) is 0.492. The zero-order valence-electron chi connectivity index (χ0n) is 50.3. The Bertz CT molecular complexity index is 3490. The van der Waals surface area contributed by atoms with Crippen molar-refractivity contribution < 1.29 is 75.3 Å². The number of nitrogens with zero attached hydrogens (tertiary/aromatic N) is 6. The van der Waals surface area contributed by atoms with Crippen molar-refractivity contribution >= 4 is 64.6 Å². The lowest BCUT2D eigenvalue weighted by atomic mass is 9.77. The Labute approximate surface area is 517 Å². The predicted octanol–water partition coefficient (Wildman–Crippen LogP) is 5.52. The molecule has 0 radical (unpaired) electrons. The lowest BCUT2D eigenvalue weighted by molar-refractivity contribution is -0.152. The minimum absolute atomic E-state index is 0.00808. The number of carbonyl (C=O) groups excluding carboxylic acids is 9. The number of imide groups is 2. The third-order valence-electron chi connectivity index (χ3n) is 16.4. The van der Waals surface area contributed by atoms with Crippen molar-refractivity contribution in [1.82, 2.24) is 45.5 Å². The molecule has 1 saturated carbocycles. The molecule has 25 nitrogen and oxygen atoms in total. The van der Waals surface area contributed by atoms with Gasteiger partial charge in [-0.3, -0.25) is 53.4 Å². The number of esters is 1. The number of halogens is 2. The van der Waals surface area contributed by atoms with Crippen LogP contribution in [-0.4, -0.2) is 166 Å². The highest BCUT2D eigenvalue weighted by molar-refractivity contribution is 6.24. The van der Waals surface area contributed by atoms with Gasteiger partial charge in [-0.1, -0.05) is 45.0 Å². The van der Waals surface area contributed by atoms with Crippen LogP contribution in [0.3, 0.4) is 0 Å². The van der Waals surface area contributed by atoms with E-state index in [4.69, 9.17) is 23.4 Å². The summed E-state index contributed by atoms with van der Waals surface area (Å²) in [5.41, 5.74) is 0.833. The van der Waals surface area contributed by atoms with Crippen molar-refractivity contribution in [2.45, 2.75) is 122 Å². The minimum atomic E-state index is -3.05. The number of piperidine rings is 1. The topological polar surface area (TPSA) is 314 Å². The van der Waals surface area contributed by atoms with Crippen LogP contribution in [0.4, 0.5) is 20.3 Å². The number of hydrogen-bond donors (Lipinski definition) is 5. The Morgan fingerprint density at radius 2 is 1.67 bits per heavy atom. The molecule has 478 valence electrons. The molecule has 1 unspecified atom stereocenters. The number of rotatable bonds is 29. The molecule has 5 aliphatic rings. The van der Waals surface area contributed by atoms with Crippen LogP contribution in [0.25, 0.3) is 17.1 Å². The molecular formula is C63H73F2N11O14. The van der Waals surface area contributed by atoms with Gasteiger partial charge in [0.05, 0.1) is 61.7 Å². The molecule has 10 rings (SSSR count). The van der Waals surface area contributed by atoms with E-state index in [1.54, 1.807) is 60.8 Å². The van der Waals surface area contributed by atoms with Crippen LogP contribution in [0.15, 0.2) is 77.7 Å². The Morgan fingerprint density at radius 3 is 2.39 bits per heavy atom. The number of aromatic nitrogens is 4. The largest absolute Gasteiger partial charge is 0.459 e. The number of pyridine rings is 1. The number of Topliss-reactive ketones (excluding diaryl/α,β-unsaturated/α-hetero) is 1. The number of ether oxygens (including phenoxy) is 4. The van der Waals surface area contributed by atoms with Gasteiger partial charge in [0, 0.05) is 56.6 Å². The molecule has 7 amide bonds. The maximum atomic E-state index is 14.7. The van der Waals surface area contributed by atoms with Crippen molar-refractivity contribution in [3.05, 3.63) is 107 Å². The van der Waals surface area contributed by atoms with E-state index in [2.05, 4.69) is 41.7 Å². The smallest absolute Gasteiger partial charge is 0.323 e. The second kappa shape index (κ2) is 28.9. The molecule has 4 fully saturated rings. The Morgan fingerprint density at radius 1 is 0.900 bits per heavy atom. The number of hydrogen-bond acceptors (Lipinski definition) is 19. The fourth-order valence-electron chi connectivity index (χ4n) is 11.3. The Balaban J connectivity index is 0.679. The summed E-state index contributed by atoms with van der Waals surface area (Å²) in [5.74, 6) is -4.36. The summed E-state index contributed by atoms with van der Waals surface area (Å²) < 4.78 is 58.4. The van der Waals surface area contributed by atoms with Crippen molar-refractivity contribution in [2.24, 2.45) is 17.3 Å². The van der Waals surface area contributed by atoms with Crippen LogP contribution in [0.1, 0.15) is 133 Å². The second-order valence-corrected chi connectivity index (χ2v) is 24.1. The summed E-state index contributed by atoms with van der Waals surface area (Å²) >= 11 is 0. The van der Waals surface area contributed by atoms with Gasteiger partial charge in [-0.2, -0.15) is 5.10 Å². The molecule has 0 bridgehead atoms. The number of benzene rings is 2. The van der Waals surface area contributed by atoms with Gasteiger partial charge in [0.15, 0.2) is 17.2 Å². The first-order valence-electron chi connectivity index (χ1n) is 30.3. The molecule has 5 N–H and O–H groups in total. The average Bonchev–Trinajstić information content (AvgIpc) is 1.63. The average molecular weight is 1250 g/mol. The quantitative estimate of drug-likeness (QED) is 0.0224. The van der Waals surface area contributed by atoms with E-state index in [9.17, 15) is 51.9 Å². The standard InChI is InChI=1S/C63H73F2N11O14/c1-63(2,3)44(28-41(77)34-88-26-25-87-24-23-86-22-6-8-38-7-4-9-43-52(38)61(84)76(59(43)82)48-17-18-51(78)72-57(48)81)60(83)74-32-42(90-62(85)45-10-5-20-66-45)29-49(74)56(80)69-31-37-13-15-40(16-14-37)75-33-46(53(73-75)54(64)65)70-55(79)47-35-89-58(71-47)39-19-21-67-50(27-39)68-30-36-11-12-36/h4,7,9,13-16,19,21,27,33,35-36,42,44-45,48-49,54,66H,5-6,8,10-12,17-18,20,22-26,28-32,34H2,1-3H3,(H,67,68)(H,69,80)(H,70,79)(H,72,78,81)/t42-,44-,45+,48?,49+/m1/s1. The Hall–Kier alpha value is -8.66. The summed E-state index contributed by atoms with van der Waals surface area (Å²) in [6.07, 6.45) is 4.69. The number of anilines is 2. The van der Waals surface area contributed by atoms with Gasteiger partial charge in [0.25, 0.3) is 24.1 Å². The maximum absolute atomic E-state index is 14.7. The monoisotopic (exact) mass is 1250 g/mol. The first-order valence-corrected chi connectivity index (χ1v) is 30.3. The molecule has 5 atom stereocenters. The lowest BCUT2D eigenvalue weighted by Crippen LogP contribution is -2.54. The van der Waals surface area contributed by atoms with Crippen LogP contribution >= 0.6 is 0 Å². The number of nitrogens with one attached hydrogen (secondary N) is 5. The minimum Gasteiger partial charge on any atom is -0.459 e. The molecule has 5 aromatic rings. The van der Waals surface area contributed by atoms with E-state index in [1.165, 1.54) is 28.6 Å². The van der Waals surface area contributed by atoms with Crippen molar-refractivity contribution in [2.75, 3.05) is 69.9 Å². The molecule has 1 aliphatic carbocycles. The van der Waals surface area contributed by atoms with E-state index in [0.717, 1.165) is 24.1 Å². The number of oxazole rings is 1. The summed E-state index contributed by atoms with van der Waals surface area (Å²) in [4.78, 5) is 131. The molecule has 90 heavy (non-hydrogen) atoms. The number of likely N-dealkylation sites (tertiary alicyclic amines) is 1. The van der Waals surface area contributed by atoms with Gasteiger partial charge >= 0.3 is 5.97 Å². The number of fused-ring (bicyclic) bond motifs is 1. The molecule has 2 aromatic carbocycles. The first-order chi connectivity index (χ1) is 43.3. The van der Waals surface area contributed by atoms with Crippen LogP contribution in [-0.2, 0) is 60.7 Å². The van der Waals surface area contributed by atoms with Gasteiger partial charge < -0.3 is 49.5 Å². The third kappa shape index (κ3) is 15.8. The Kier molecular flexibility index (Phi) is 20.6. The van der Waals surface area contributed by atoms with Gasteiger partial charge in [0.2, 0.25) is 29.5 Å². The van der Waals surface area contributed by atoms with E-state index in [1.807, 2.05) is 20.8 Å². The van der Waals surface area contributed by atoms with Gasteiger partial charge in [-0.15, -0.1) is 0 Å². The molecule has 27 heteroatoms. The number of ketones is 1. The van der Waals surface area contributed by atoms with E-state index < -0.39 is 95.0 Å². The van der Waals surface area contributed by atoms with Gasteiger partial charge in [-0.25, -0.2) is 23.4 Å². The zero-order valence-corrected chi connectivity index (χ0v) is 50.3. The number of carbonyl (C=O) groups is 9. The maximum Gasteiger partial charge on any atom is 0.323 e. The molecule has 0 spiro atoms. The van der Waals surface area contributed by atoms with Crippen molar-refractivity contribution in [3.8, 4) is 17.1 Å². The van der Waals surface area contributed by atoms with Crippen LogP contribution in [0.5, 0.6) is 0 Å². The van der Waals surface area contributed by atoms with Crippen LogP contribution < -0.4 is 26.6 Å². The number of aryl methyl sites for hydroxylation is 1. The summed E-state index contributed by atoms with van der Waals surface area (Å²) in [5, 5.41) is 18.0. The predicted molar refractivity (Wildman–Crippen MR) is 317 cm³/mol. The summed E-state index contributed by atoms with van der Waals surface area (Å²) in [6, 6.07) is 12.3. The highest BCUT2D eigenvalue weighted by atomic mass is 19.3. The van der Waals surface area contributed by atoms with Gasteiger partial charge in [0.1, 0.15) is 42.9 Å². The van der Waals surface area contributed by atoms with Gasteiger partial charge in [-0.05, 0) is 104 Å². The number of amides is 7. The molecule has 3 saturated heterocycles. The van der Waals surface area contributed by atoms with Crippen LogP contribution in [0.2, 0.25) is 0 Å². The van der Waals surface area contributed by atoms with E-state index in [0.29, 0.717) is 66.5 Å². The molecule has 4 aliphatic heterocycles. The summed E-state index contributed by atoms with van der Waals surface area (Å²) in [6.45, 7) is 7.55. The van der Waals surface area contributed by atoms with Crippen LogP contribution in [0, 0.1) is 17.3 Å². The van der Waals surface area contributed by atoms with E-state index in [-0.39, 0.29) is 106 Å². The third-order valence-corrected chi connectivity index (χ3v) is 16.4. The molecule has 7 heterocycles. The highest BCUT2D eigenvalue weighted by Gasteiger charge is 2.48. The SMILES string of the molecule is CC(C)(C)[C@H](CC(=O)COCCOCCOCCCc1cccc2c1C(=O)N(C1CCC(=O)NC1=O)C2=O)C(=O)N1C[C@H](OC(=O)[C@@H]2CCCN2)C[C@H]1C(=O)NCc1ccc(-n2cc(NC(=O)c3coc(-c4ccnc(NCC5CC5)c4)n3)c(C(F)F)n2)cc1. The summed E-state index contributed by atoms with van der Waals surface area (Å²) in [7, 11) is 0. The lowest BCUT2D eigenvalue weighted by Gasteiger charge is -2.34. The van der Waals surface area contributed by atoms with Crippen molar-refractivity contribution in [1.29, 1.82) is 0 Å². The molecule has 3 aromatic heterocycles. The zero-order chi connectivity index (χ0) is 63.6. The normalized spacial score (nSPS) is 19.5. The highest BCUT2D eigenvalue weighted by Crippen LogP contribution is 2.36. The van der Waals surface area contributed by atoms with E-state index >= 15 is 0 Å². The number of alkyl halides is 2. The first kappa shape index (κ1) is 64.3. The fourth-order valence-corrected chi connectivity index (χ4v) is 11.3. The second-order valence-electron chi connectivity index (χ2n) is 24.1. The molecular weight excluding hydrogens is 1170 g/mol. The van der Waals surface area contributed by atoms with Crippen molar-refractivity contribution in [3.63, 3.8) is 0 Å².